The summed E-state index contributed by atoms with van der Waals surface area (Å²) >= 11 is 0. The molecular weight excluding hydrogens is 278 g/mol. The second-order valence-electron chi connectivity index (χ2n) is 6.42. The molecule has 3 fully saturated rings. The lowest BCUT2D eigenvalue weighted by atomic mass is 9.74. The summed E-state index contributed by atoms with van der Waals surface area (Å²) in [7, 11) is 0. The summed E-state index contributed by atoms with van der Waals surface area (Å²) in [5.41, 5.74) is 2.23. The Morgan fingerprint density at radius 2 is 2.32 bits per heavy atom. The van der Waals surface area contributed by atoms with E-state index in [1.54, 1.807) is 6.20 Å². The highest BCUT2D eigenvalue weighted by Crippen LogP contribution is 2.40. The molecule has 2 aromatic rings. The van der Waals surface area contributed by atoms with Gasteiger partial charge in [0.25, 0.3) is 0 Å². The smallest absolute Gasteiger partial charge is 0.0873 e. The molecule has 0 aliphatic carbocycles. The van der Waals surface area contributed by atoms with Crippen molar-refractivity contribution in [3.8, 4) is 0 Å². The van der Waals surface area contributed by atoms with Crippen LogP contribution in [0, 0.1) is 5.92 Å². The molecule has 5 rings (SSSR count). The van der Waals surface area contributed by atoms with E-state index in [0.717, 1.165) is 30.8 Å². The molecule has 2 bridgehead atoms. The summed E-state index contributed by atoms with van der Waals surface area (Å²) in [6.45, 7) is 3.09. The van der Waals surface area contributed by atoms with Gasteiger partial charge in [0.05, 0.1) is 18.8 Å². The van der Waals surface area contributed by atoms with Gasteiger partial charge in [-0.3, -0.25) is 9.88 Å². The maximum absolute atomic E-state index is 9.46. The van der Waals surface area contributed by atoms with Crippen molar-refractivity contribution in [2.75, 3.05) is 19.7 Å². The van der Waals surface area contributed by atoms with Gasteiger partial charge < -0.3 is 5.11 Å². The summed E-state index contributed by atoms with van der Waals surface area (Å²) in [5, 5.41) is 18.1. The molecule has 3 saturated heterocycles. The lowest BCUT2D eigenvalue weighted by Gasteiger charge is -2.48. The van der Waals surface area contributed by atoms with E-state index < -0.39 is 0 Å². The maximum atomic E-state index is 9.46. The van der Waals surface area contributed by atoms with Crippen molar-refractivity contribution in [3.05, 3.63) is 42.0 Å². The van der Waals surface area contributed by atoms with Crippen molar-refractivity contribution >= 4 is 0 Å². The van der Waals surface area contributed by atoms with E-state index in [1.807, 2.05) is 16.9 Å². The Labute approximate surface area is 129 Å². The van der Waals surface area contributed by atoms with E-state index in [-0.39, 0.29) is 6.61 Å². The summed E-state index contributed by atoms with van der Waals surface area (Å²) in [6.07, 6.45) is 8.00. The Hall–Kier alpha value is -1.79. The fourth-order valence-corrected chi connectivity index (χ4v) is 3.90. The van der Waals surface area contributed by atoms with E-state index in [1.165, 1.54) is 6.42 Å². The number of pyridine rings is 1. The van der Waals surface area contributed by atoms with E-state index in [9.17, 15) is 5.11 Å². The Balaban J connectivity index is 1.48. The molecule has 22 heavy (non-hydrogen) atoms. The molecule has 0 aromatic carbocycles. The third kappa shape index (κ3) is 2.53. The van der Waals surface area contributed by atoms with E-state index >= 15 is 0 Å². The number of aliphatic hydroxyl groups excluding tert-OH is 1. The van der Waals surface area contributed by atoms with Crippen LogP contribution in [0.1, 0.15) is 30.0 Å². The number of hydrogen-bond acceptors (Lipinski definition) is 5. The zero-order chi connectivity index (χ0) is 14.9. The van der Waals surface area contributed by atoms with Crippen LogP contribution in [0.25, 0.3) is 0 Å². The second kappa shape index (κ2) is 5.78. The van der Waals surface area contributed by atoms with Crippen LogP contribution in [0.2, 0.25) is 0 Å². The van der Waals surface area contributed by atoms with Crippen LogP contribution in [-0.2, 0) is 6.54 Å². The van der Waals surface area contributed by atoms with Gasteiger partial charge in [-0.2, -0.15) is 0 Å². The van der Waals surface area contributed by atoms with Crippen LogP contribution in [0.3, 0.4) is 0 Å². The summed E-state index contributed by atoms with van der Waals surface area (Å²) in [5.74, 6) is 1.09. The first kappa shape index (κ1) is 13.8. The molecule has 6 heteroatoms. The van der Waals surface area contributed by atoms with Gasteiger partial charge in [0.15, 0.2) is 0 Å². The van der Waals surface area contributed by atoms with Gasteiger partial charge in [-0.1, -0.05) is 11.3 Å². The van der Waals surface area contributed by atoms with Crippen molar-refractivity contribution < 1.29 is 5.11 Å². The minimum atomic E-state index is 0.275. The molecule has 0 spiro atoms. The van der Waals surface area contributed by atoms with Gasteiger partial charge in [0.1, 0.15) is 0 Å². The summed E-state index contributed by atoms with van der Waals surface area (Å²) in [6, 6.07) is 4.34. The standard InChI is InChI=1S/C16H21N5O/c22-11-14-6-13-3-5-20(14)9-15(13)16-10-21(19-18-16)8-12-2-1-4-17-7-12/h1-2,4,7,10,13-15,22H,3,5-6,8-9,11H2/t13-,14+,15-/m1/s1. The van der Waals surface area contributed by atoms with Crippen LogP contribution >= 0.6 is 0 Å². The molecule has 1 N–H and O–H groups in total. The molecular formula is C16H21N5O. The molecule has 4 atom stereocenters. The average molecular weight is 299 g/mol. The molecule has 0 radical (unpaired) electrons. The Kier molecular flexibility index (Phi) is 3.63. The van der Waals surface area contributed by atoms with Gasteiger partial charge in [-0.05, 0) is 36.9 Å². The maximum Gasteiger partial charge on any atom is 0.0873 e. The molecule has 0 amide bonds. The van der Waals surface area contributed by atoms with E-state index in [0.29, 0.717) is 24.4 Å². The molecule has 2 aromatic heterocycles. The zero-order valence-electron chi connectivity index (χ0n) is 12.5. The molecule has 3 aliphatic rings. The lowest BCUT2D eigenvalue weighted by molar-refractivity contribution is 0.00184. The van der Waals surface area contributed by atoms with E-state index in [4.69, 9.17) is 0 Å². The fraction of sp³-hybridized carbons (Fsp3) is 0.562. The summed E-state index contributed by atoms with van der Waals surface area (Å²) in [4.78, 5) is 6.54. The second-order valence-corrected chi connectivity index (χ2v) is 6.42. The number of piperidine rings is 3. The van der Waals surface area contributed by atoms with Crippen LogP contribution in [0.5, 0.6) is 0 Å². The van der Waals surface area contributed by atoms with E-state index in [2.05, 4.69) is 32.5 Å². The van der Waals surface area contributed by atoms with Crippen LogP contribution in [0.4, 0.5) is 0 Å². The zero-order valence-corrected chi connectivity index (χ0v) is 12.5. The van der Waals surface area contributed by atoms with Crippen LogP contribution in [0.15, 0.2) is 30.7 Å². The topological polar surface area (TPSA) is 67.1 Å². The first-order valence-corrected chi connectivity index (χ1v) is 7.97. The van der Waals surface area contributed by atoms with Crippen molar-refractivity contribution in [3.63, 3.8) is 0 Å². The Morgan fingerprint density at radius 1 is 1.36 bits per heavy atom. The molecule has 3 aliphatic heterocycles. The highest BCUT2D eigenvalue weighted by Gasteiger charge is 2.41. The first-order chi connectivity index (χ1) is 10.8. The van der Waals surface area contributed by atoms with Crippen LogP contribution in [-0.4, -0.2) is 55.7 Å². The van der Waals surface area contributed by atoms with Crippen molar-refractivity contribution in [1.29, 1.82) is 0 Å². The minimum Gasteiger partial charge on any atom is -0.395 e. The van der Waals surface area contributed by atoms with Gasteiger partial charge >= 0.3 is 0 Å². The number of nitrogens with zero attached hydrogens (tertiary/aromatic N) is 5. The number of aromatic nitrogens is 4. The fourth-order valence-electron chi connectivity index (χ4n) is 3.90. The number of fused-ring (bicyclic) bond motifs is 3. The molecule has 1 unspecified atom stereocenters. The number of hydrogen-bond donors (Lipinski definition) is 1. The van der Waals surface area contributed by atoms with Crippen LogP contribution < -0.4 is 0 Å². The molecule has 0 saturated carbocycles. The molecule has 6 nitrogen and oxygen atoms in total. The van der Waals surface area contributed by atoms with Gasteiger partial charge in [0.2, 0.25) is 0 Å². The van der Waals surface area contributed by atoms with Crippen molar-refractivity contribution in [2.24, 2.45) is 5.92 Å². The highest BCUT2D eigenvalue weighted by atomic mass is 16.3. The quantitative estimate of drug-likeness (QED) is 0.908. The normalized spacial score (nSPS) is 30.6. The summed E-state index contributed by atoms with van der Waals surface area (Å²) < 4.78 is 1.90. The predicted molar refractivity (Wildman–Crippen MR) is 81.3 cm³/mol. The Morgan fingerprint density at radius 3 is 3.05 bits per heavy atom. The first-order valence-electron chi connectivity index (χ1n) is 7.97. The molecule has 5 heterocycles. The molecule has 116 valence electrons. The minimum absolute atomic E-state index is 0.275. The highest BCUT2D eigenvalue weighted by molar-refractivity contribution is 5.13. The third-order valence-corrected chi connectivity index (χ3v) is 5.09. The Bertz CT molecular complexity index is 628. The van der Waals surface area contributed by atoms with Gasteiger partial charge in [-0.15, -0.1) is 5.10 Å². The van der Waals surface area contributed by atoms with Crippen molar-refractivity contribution in [2.45, 2.75) is 31.3 Å². The number of aliphatic hydroxyl groups is 1. The number of rotatable bonds is 4. The predicted octanol–water partition coefficient (Wildman–Crippen LogP) is 0.891. The monoisotopic (exact) mass is 299 g/mol. The SMILES string of the molecule is OC[C@@H]1C[C@H]2CCN1C[C@H]2c1cn(Cc2cccnc2)nn1. The third-order valence-electron chi connectivity index (χ3n) is 5.09. The lowest BCUT2D eigenvalue weighted by Crippen LogP contribution is -2.53. The van der Waals surface area contributed by atoms with Gasteiger partial charge in [-0.25, -0.2) is 4.68 Å². The van der Waals surface area contributed by atoms with Crippen molar-refractivity contribution in [1.82, 2.24) is 24.9 Å². The average Bonchev–Trinajstić information content (AvgIpc) is 3.04. The van der Waals surface area contributed by atoms with Gasteiger partial charge in [0, 0.05) is 37.1 Å². The largest absolute Gasteiger partial charge is 0.395 e.